The zero-order valence-corrected chi connectivity index (χ0v) is 13.7. The van der Waals surface area contributed by atoms with Crippen molar-refractivity contribution in [2.24, 2.45) is 5.73 Å². The average molecular weight is 401 g/mol. The van der Waals surface area contributed by atoms with E-state index in [1.165, 1.54) is 0 Å². The molecule has 2 rings (SSSR count). The molecule has 126 valence electrons. The molecule has 0 heterocycles. The van der Waals surface area contributed by atoms with E-state index in [0.717, 1.165) is 0 Å². The van der Waals surface area contributed by atoms with Gasteiger partial charge in [-0.05, 0) is 11.6 Å². The van der Waals surface area contributed by atoms with Crippen LogP contribution in [0.2, 0.25) is 0 Å². The Morgan fingerprint density at radius 1 is 1.12 bits per heavy atom. The lowest BCUT2D eigenvalue weighted by Gasteiger charge is -2.17. The van der Waals surface area contributed by atoms with E-state index >= 15 is 0 Å². The van der Waals surface area contributed by atoms with Gasteiger partial charge in [0.2, 0.25) is 5.91 Å². The maximum Gasteiger partial charge on any atom is 0.257 e. The van der Waals surface area contributed by atoms with Crippen molar-refractivity contribution in [1.82, 2.24) is 5.32 Å². The van der Waals surface area contributed by atoms with E-state index in [4.69, 9.17) is 5.73 Å². The molecule has 2 aromatic carbocycles. The highest BCUT2D eigenvalue weighted by atomic mass is 79.9. The molecular formula is C16H12BrF3N2O2. The monoisotopic (exact) mass is 400 g/mol. The largest absolute Gasteiger partial charge is 0.368 e. The fourth-order valence-electron chi connectivity index (χ4n) is 2.10. The van der Waals surface area contributed by atoms with Crippen LogP contribution in [0, 0.1) is 17.5 Å². The number of benzene rings is 2. The Morgan fingerprint density at radius 3 is 2.25 bits per heavy atom. The minimum Gasteiger partial charge on any atom is -0.368 e. The summed E-state index contributed by atoms with van der Waals surface area (Å²) in [5.74, 6) is -5.95. The molecule has 0 spiro atoms. The molecule has 0 aromatic heterocycles. The Labute approximate surface area is 144 Å². The van der Waals surface area contributed by atoms with Crippen LogP contribution in [0.3, 0.4) is 0 Å². The summed E-state index contributed by atoms with van der Waals surface area (Å²) < 4.78 is 40.9. The van der Waals surface area contributed by atoms with Crippen LogP contribution in [0.5, 0.6) is 0 Å². The Balaban J connectivity index is 2.24. The second-order valence-electron chi connectivity index (χ2n) is 4.97. The maximum absolute atomic E-state index is 13.6. The second kappa shape index (κ2) is 7.48. The molecule has 1 atom stereocenters. The summed E-state index contributed by atoms with van der Waals surface area (Å²) >= 11 is 3.29. The van der Waals surface area contributed by atoms with Gasteiger partial charge < -0.3 is 11.1 Å². The molecular weight excluding hydrogens is 389 g/mol. The predicted molar refractivity (Wildman–Crippen MR) is 84.6 cm³/mol. The van der Waals surface area contributed by atoms with Crippen LogP contribution in [0.15, 0.2) is 40.9 Å². The van der Waals surface area contributed by atoms with Gasteiger partial charge in [0.15, 0.2) is 0 Å². The molecule has 4 nitrogen and oxygen atoms in total. The van der Waals surface area contributed by atoms with E-state index in [1.807, 2.05) is 0 Å². The van der Waals surface area contributed by atoms with Gasteiger partial charge in [-0.15, -0.1) is 0 Å². The summed E-state index contributed by atoms with van der Waals surface area (Å²) in [5.41, 5.74) is 4.94. The number of hydrogen-bond acceptors (Lipinski definition) is 2. The van der Waals surface area contributed by atoms with Gasteiger partial charge in [0, 0.05) is 23.0 Å². The Bertz CT molecular complexity index is 776. The van der Waals surface area contributed by atoms with Gasteiger partial charge in [-0.1, -0.05) is 34.1 Å². The van der Waals surface area contributed by atoms with Crippen LogP contribution < -0.4 is 11.1 Å². The molecule has 2 amide bonds. The minimum atomic E-state index is -1.37. The lowest BCUT2D eigenvalue weighted by atomic mass is 10.0. The van der Waals surface area contributed by atoms with Gasteiger partial charge in [0.1, 0.15) is 29.1 Å². The van der Waals surface area contributed by atoms with E-state index in [2.05, 4.69) is 21.2 Å². The number of nitrogens with one attached hydrogen (secondary N) is 1. The summed E-state index contributed by atoms with van der Waals surface area (Å²) in [5, 5.41) is 2.17. The number of hydrogen-bond donors (Lipinski definition) is 2. The molecule has 0 saturated heterocycles. The smallest absolute Gasteiger partial charge is 0.257 e. The zero-order valence-electron chi connectivity index (χ0n) is 12.2. The van der Waals surface area contributed by atoms with Crippen LogP contribution in [0.25, 0.3) is 0 Å². The summed E-state index contributed by atoms with van der Waals surface area (Å²) in [6, 6.07) is 6.48. The van der Waals surface area contributed by atoms with Crippen LogP contribution in [-0.2, 0) is 11.2 Å². The number of amides is 2. The molecule has 0 aliphatic heterocycles. The Kier molecular flexibility index (Phi) is 5.61. The summed E-state index contributed by atoms with van der Waals surface area (Å²) in [4.78, 5) is 23.6. The summed E-state index contributed by atoms with van der Waals surface area (Å²) in [6.45, 7) is 0. The molecule has 24 heavy (non-hydrogen) atoms. The number of nitrogens with two attached hydrogens (primary N) is 1. The normalized spacial score (nSPS) is 11.8. The van der Waals surface area contributed by atoms with Crippen LogP contribution in [0.4, 0.5) is 13.2 Å². The molecule has 0 fully saturated rings. The van der Waals surface area contributed by atoms with Crippen molar-refractivity contribution in [3.05, 3.63) is 69.4 Å². The second-order valence-corrected chi connectivity index (χ2v) is 5.82. The molecule has 2 aromatic rings. The SMILES string of the molecule is NC(=O)[C@@H](Cc1ccccc1Br)NC(=O)c1c(F)cc(F)cc1F. The minimum absolute atomic E-state index is 0.0208. The van der Waals surface area contributed by atoms with Crippen molar-refractivity contribution in [1.29, 1.82) is 0 Å². The number of primary amides is 1. The summed E-state index contributed by atoms with van der Waals surface area (Å²) in [7, 11) is 0. The first kappa shape index (κ1) is 18.0. The van der Waals surface area contributed by atoms with E-state index < -0.39 is 40.9 Å². The quantitative estimate of drug-likeness (QED) is 0.809. The van der Waals surface area contributed by atoms with Crippen LogP contribution >= 0.6 is 15.9 Å². The lowest BCUT2D eigenvalue weighted by Crippen LogP contribution is -2.46. The molecule has 8 heteroatoms. The standard InChI is InChI=1S/C16H12BrF3N2O2/c17-10-4-2-1-3-8(10)5-13(15(21)23)22-16(24)14-11(19)6-9(18)7-12(14)20/h1-4,6-7,13H,5H2,(H2,21,23)(H,22,24)/t13-/m1/s1. The van der Waals surface area contributed by atoms with Gasteiger partial charge in [-0.3, -0.25) is 9.59 Å². The molecule has 0 aliphatic rings. The Morgan fingerprint density at radius 2 is 1.71 bits per heavy atom. The zero-order chi connectivity index (χ0) is 17.9. The molecule has 0 radical (unpaired) electrons. The molecule has 0 bridgehead atoms. The van der Waals surface area contributed by atoms with Crippen molar-refractivity contribution in [3.63, 3.8) is 0 Å². The number of halogens is 4. The first-order chi connectivity index (χ1) is 11.3. The van der Waals surface area contributed by atoms with Crippen LogP contribution in [0.1, 0.15) is 15.9 Å². The third-order valence-electron chi connectivity index (χ3n) is 3.26. The third kappa shape index (κ3) is 4.14. The van der Waals surface area contributed by atoms with Crippen molar-refractivity contribution < 1.29 is 22.8 Å². The van der Waals surface area contributed by atoms with Gasteiger partial charge in [-0.25, -0.2) is 13.2 Å². The van der Waals surface area contributed by atoms with Crippen molar-refractivity contribution in [2.45, 2.75) is 12.5 Å². The van der Waals surface area contributed by atoms with Gasteiger partial charge in [0.05, 0.1) is 0 Å². The van der Waals surface area contributed by atoms with Crippen molar-refractivity contribution >= 4 is 27.7 Å². The van der Waals surface area contributed by atoms with E-state index in [0.29, 0.717) is 22.2 Å². The topological polar surface area (TPSA) is 72.2 Å². The number of carbonyl (C=O) groups excluding carboxylic acids is 2. The highest BCUT2D eigenvalue weighted by Gasteiger charge is 2.25. The molecule has 0 saturated carbocycles. The lowest BCUT2D eigenvalue weighted by molar-refractivity contribution is -0.119. The molecule has 3 N–H and O–H groups in total. The highest BCUT2D eigenvalue weighted by molar-refractivity contribution is 9.10. The van der Waals surface area contributed by atoms with Gasteiger partial charge in [0.25, 0.3) is 5.91 Å². The number of carbonyl (C=O) groups is 2. The fraction of sp³-hybridized carbons (Fsp3) is 0.125. The van der Waals surface area contributed by atoms with Crippen molar-refractivity contribution in [3.8, 4) is 0 Å². The number of rotatable bonds is 5. The predicted octanol–water partition coefficient (Wildman–Crippen LogP) is 2.69. The fourth-order valence-corrected chi connectivity index (χ4v) is 2.54. The molecule has 0 aliphatic carbocycles. The summed E-state index contributed by atoms with van der Waals surface area (Å²) in [6.07, 6.45) is 0.0208. The van der Waals surface area contributed by atoms with Gasteiger partial charge >= 0.3 is 0 Å². The van der Waals surface area contributed by atoms with Gasteiger partial charge in [-0.2, -0.15) is 0 Å². The van der Waals surface area contributed by atoms with E-state index in [1.54, 1.807) is 24.3 Å². The first-order valence-corrected chi connectivity index (χ1v) is 7.57. The highest BCUT2D eigenvalue weighted by Crippen LogP contribution is 2.18. The van der Waals surface area contributed by atoms with E-state index in [-0.39, 0.29) is 6.42 Å². The first-order valence-electron chi connectivity index (χ1n) is 6.77. The maximum atomic E-state index is 13.6. The third-order valence-corrected chi connectivity index (χ3v) is 4.04. The van der Waals surface area contributed by atoms with E-state index in [9.17, 15) is 22.8 Å². The van der Waals surface area contributed by atoms with Crippen LogP contribution in [-0.4, -0.2) is 17.9 Å². The Hall–Kier alpha value is -2.35. The average Bonchev–Trinajstić information content (AvgIpc) is 2.47. The van der Waals surface area contributed by atoms with Crippen molar-refractivity contribution in [2.75, 3.05) is 0 Å². The molecule has 0 unspecified atom stereocenters.